The van der Waals surface area contributed by atoms with Gasteiger partial charge in [0.15, 0.2) is 5.82 Å². The van der Waals surface area contributed by atoms with Gasteiger partial charge in [0.25, 0.3) is 0 Å². The predicted molar refractivity (Wildman–Crippen MR) is 96.8 cm³/mol. The lowest BCUT2D eigenvalue weighted by atomic mass is 10.1. The maximum atomic E-state index is 13.1. The van der Waals surface area contributed by atoms with Gasteiger partial charge in [-0.3, -0.25) is 0 Å². The highest BCUT2D eigenvalue weighted by molar-refractivity contribution is 6.14. The Hall–Kier alpha value is -2.88. The zero-order chi connectivity index (χ0) is 19.2. The summed E-state index contributed by atoms with van der Waals surface area (Å²) in [7, 11) is 0. The summed E-state index contributed by atoms with van der Waals surface area (Å²) in [4.78, 5) is 6.20. The Kier molecular flexibility index (Phi) is 4.14. The van der Waals surface area contributed by atoms with Crippen molar-refractivity contribution >= 4 is 29.5 Å². The Labute approximate surface area is 153 Å². The van der Waals surface area contributed by atoms with Crippen LogP contribution in [-0.2, 0) is 6.18 Å². The average Bonchev–Trinajstić information content (AvgIpc) is 3.29. The number of aliphatic hydroxyl groups excluding tert-OH is 1. The Morgan fingerprint density at radius 2 is 2.22 bits per heavy atom. The SMILES string of the molecule is CCC(O)NC1=C2N=CC(C3=NN=CC3)N2c2ccc(C(F)(F)F)cc2N1. The Bertz CT molecular complexity index is 889. The Morgan fingerprint density at radius 1 is 1.41 bits per heavy atom. The molecule has 3 aliphatic rings. The van der Waals surface area contributed by atoms with E-state index in [1.807, 2.05) is 0 Å². The molecule has 0 amide bonds. The van der Waals surface area contributed by atoms with Crippen LogP contribution in [0.5, 0.6) is 0 Å². The first-order chi connectivity index (χ1) is 12.9. The van der Waals surface area contributed by atoms with E-state index >= 15 is 0 Å². The van der Waals surface area contributed by atoms with Crippen LogP contribution in [0.15, 0.2) is 45.0 Å². The third-order valence-electron chi connectivity index (χ3n) is 4.52. The van der Waals surface area contributed by atoms with Crippen molar-refractivity contribution in [2.45, 2.75) is 38.2 Å². The summed E-state index contributed by atoms with van der Waals surface area (Å²) >= 11 is 0. The van der Waals surface area contributed by atoms with Crippen molar-refractivity contribution in [1.82, 2.24) is 5.32 Å². The Morgan fingerprint density at radius 3 is 2.89 bits per heavy atom. The first-order valence-corrected chi connectivity index (χ1v) is 8.47. The molecule has 1 aromatic carbocycles. The molecule has 4 rings (SSSR count). The number of benzene rings is 1. The number of nitrogens with one attached hydrogen (secondary N) is 2. The summed E-state index contributed by atoms with van der Waals surface area (Å²) in [6.07, 6.45) is -1.01. The lowest BCUT2D eigenvalue weighted by Gasteiger charge is -2.35. The number of alkyl halides is 3. The smallest absolute Gasteiger partial charge is 0.374 e. The molecule has 7 nitrogen and oxygen atoms in total. The van der Waals surface area contributed by atoms with E-state index in [2.05, 4.69) is 25.8 Å². The molecule has 3 N–H and O–H groups in total. The van der Waals surface area contributed by atoms with Crippen LogP contribution in [0.2, 0.25) is 0 Å². The number of aliphatic imine (C=N–C) groups is 1. The quantitative estimate of drug-likeness (QED) is 0.704. The van der Waals surface area contributed by atoms with E-state index in [9.17, 15) is 18.3 Å². The zero-order valence-electron chi connectivity index (χ0n) is 14.3. The van der Waals surface area contributed by atoms with Crippen LogP contribution in [-0.4, -0.2) is 35.5 Å². The highest BCUT2D eigenvalue weighted by Crippen LogP contribution is 2.42. The third-order valence-corrected chi connectivity index (χ3v) is 4.52. The summed E-state index contributed by atoms with van der Waals surface area (Å²) in [6, 6.07) is 3.15. The van der Waals surface area contributed by atoms with Crippen LogP contribution in [0.4, 0.5) is 24.5 Å². The van der Waals surface area contributed by atoms with Crippen molar-refractivity contribution in [2.24, 2.45) is 15.2 Å². The summed E-state index contributed by atoms with van der Waals surface area (Å²) in [6.45, 7) is 1.78. The molecule has 3 heterocycles. The standard InChI is InChI=1S/C17H17F3N6O/c1-2-14(27)24-15-16-21-8-13(10-5-6-22-25-10)26(16)12-4-3-9(17(18,19)20)7-11(12)23-15/h3-4,6-8,13-14,23-24,27H,2,5H2,1H3. The molecule has 142 valence electrons. The number of hydrogen-bond acceptors (Lipinski definition) is 7. The molecule has 27 heavy (non-hydrogen) atoms. The maximum absolute atomic E-state index is 13.1. The number of hydrogen-bond donors (Lipinski definition) is 3. The second kappa shape index (κ2) is 6.38. The highest BCUT2D eigenvalue weighted by Gasteiger charge is 2.39. The third kappa shape index (κ3) is 3.05. The van der Waals surface area contributed by atoms with Gasteiger partial charge in [0.2, 0.25) is 0 Å². The number of rotatable bonds is 4. The minimum atomic E-state index is -4.46. The molecule has 2 unspecified atom stereocenters. The highest BCUT2D eigenvalue weighted by atomic mass is 19.4. The lowest BCUT2D eigenvalue weighted by Crippen LogP contribution is -2.43. The van der Waals surface area contributed by atoms with Gasteiger partial charge in [-0.25, -0.2) is 4.99 Å². The summed E-state index contributed by atoms with van der Waals surface area (Å²) < 4.78 is 39.4. The van der Waals surface area contributed by atoms with Crippen LogP contribution >= 0.6 is 0 Å². The van der Waals surface area contributed by atoms with E-state index < -0.39 is 18.0 Å². The fourth-order valence-corrected chi connectivity index (χ4v) is 3.14. The largest absolute Gasteiger partial charge is 0.416 e. The molecular formula is C17H17F3N6O. The second-order valence-electron chi connectivity index (χ2n) is 6.31. The van der Waals surface area contributed by atoms with Gasteiger partial charge in [-0.15, -0.1) is 0 Å². The minimum absolute atomic E-state index is 0.273. The van der Waals surface area contributed by atoms with Crippen molar-refractivity contribution < 1.29 is 18.3 Å². The molecule has 3 aliphatic heterocycles. The molecule has 0 aliphatic carbocycles. The van der Waals surface area contributed by atoms with E-state index in [1.54, 1.807) is 24.3 Å². The minimum Gasteiger partial charge on any atom is -0.374 e. The van der Waals surface area contributed by atoms with Gasteiger partial charge in [0.05, 0.1) is 22.6 Å². The fourth-order valence-electron chi connectivity index (χ4n) is 3.14. The zero-order valence-corrected chi connectivity index (χ0v) is 14.3. The summed E-state index contributed by atoms with van der Waals surface area (Å²) in [5.74, 6) is 0.823. The van der Waals surface area contributed by atoms with Gasteiger partial charge in [-0.2, -0.15) is 23.4 Å². The van der Waals surface area contributed by atoms with Crippen LogP contribution in [0.1, 0.15) is 25.3 Å². The van der Waals surface area contributed by atoms with E-state index in [1.165, 1.54) is 6.07 Å². The van der Waals surface area contributed by atoms with Crippen molar-refractivity contribution in [3.05, 3.63) is 35.4 Å². The molecule has 0 bridgehead atoms. The molecule has 0 saturated heterocycles. The van der Waals surface area contributed by atoms with Gasteiger partial charge in [-0.1, -0.05) is 6.92 Å². The fraction of sp³-hybridized carbons (Fsp3) is 0.353. The summed E-state index contributed by atoms with van der Waals surface area (Å²) in [5, 5.41) is 23.7. The molecule has 2 atom stereocenters. The van der Waals surface area contributed by atoms with Crippen LogP contribution in [0.25, 0.3) is 0 Å². The van der Waals surface area contributed by atoms with E-state index in [-0.39, 0.29) is 11.7 Å². The van der Waals surface area contributed by atoms with Gasteiger partial charge in [0, 0.05) is 18.9 Å². The predicted octanol–water partition coefficient (Wildman–Crippen LogP) is 2.67. The first-order valence-electron chi connectivity index (χ1n) is 8.47. The number of anilines is 2. The first kappa shape index (κ1) is 17.5. The van der Waals surface area contributed by atoms with Crippen molar-refractivity contribution in [3.8, 4) is 0 Å². The van der Waals surface area contributed by atoms with Crippen molar-refractivity contribution in [3.63, 3.8) is 0 Å². The van der Waals surface area contributed by atoms with Crippen molar-refractivity contribution in [1.29, 1.82) is 0 Å². The van der Waals surface area contributed by atoms with E-state index in [0.717, 1.165) is 17.8 Å². The number of halogens is 3. The molecule has 0 aromatic heterocycles. The van der Waals surface area contributed by atoms with E-state index in [4.69, 9.17) is 0 Å². The van der Waals surface area contributed by atoms with E-state index in [0.29, 0.717) is 30.2 Å². The molecule has 0 spiro atoms. The van der Waals surface area contributed by atoms with Crippen LogP contribution < -0.4 is 15.5 Å². The Balaban J connectivity index is 1.78. The number of fused-ring (bicyclic) bond motifs is 3. The molecule has 0 fully saturated rings. The van der Waals surface area contributed by atoms with Gasteiger partial charge >= 0.3 is 6.18 Å². The normalized spacial score (nSPS) is 21.7. The number of nitrogens with zero attached hydrogens (tertiary/aromatic N) is 4. The average molecular weight is 378 g/mol. The molecular weight excluding hydrogens is 361 g/mol. The second-order valence-corrected chi connectivity index (χ2v) is 6.31. The molecule has 10 heteroatoms. The van der Waals surface area contributed by atoms with Gasteiger partial charge in [-0.05, 0) is 24.6 Å². The molecule has 1 aromatic rings. The van der Waals surface area contributed by atoms with Gasteiger partial charge in [0.1, 0.15) is 18.1 Å². The topological polar surface area (TPSA) is 84.6 Å². The molecule has 0 saturated carbocycles. The van der Waals surface area contributed by atoms with Crippen molar-refractivity contribution in [2.75, 3.05) is 10.2 Å². The summed E-state index contributed by atoms with van der Waals surface area (Å²) in [5.41, 5.74) is 0.809. The monoisotopic (exact) mass is 378 g/mol. The maximum Gasteiger partial charge on any atom is 0.416 e. The lowest BCUT2D eigenvalue weighted by molar-refractivity contribution is -0.137. The number of aliphatic hydroxyl groups is 1. The van der Waals surface area contributed by atoms with Crippen LogP contribution in [0, 0.1) is 0 Å². The van der Waals surface area contributed by atoms with Crippen LogP contribution in [0.3, 0.4) is 0 Å². The van der Waals surface area contributed by atoms with Gasteiger partial charge < -0.3 is 20.6 Å². The molecule has 0 radical (unpaired) electrons.